The van der Waals surface area contributed by atoms with Crippen LogP contribution in [0.1, 0.15) is 35.7 Å². The maximum Gasteiger partial charge on any atom is 0.184 e. The van der Waals surface area contributed by atoms with Crippen LogP contribution >= 0.6 is 0 Å². The van der Waals surface area contributed by atoms with Crippen molar-refractivity contribution in [3.63, 3.8) is 0 Å². The highest BCUT2D eigenvalue weighted by molar-refractivity contribution is 5.96. The first kappa shape index (κ1) is 13.6. The van der Waals surface area contributed by atoms with Gasteiger partial charge < -0.3 is 0 Å². The summed E-state index contributed by atoms with van der Waals surface area (Å²) in [5.74, 6) is 0.559. The number of fused-ring (bicyclic) bond motifs is 1. The topological polar surface area (TPSA) is 34.9 Å². The number of hydrogen-bond acceptors (Lipinski definition) is 2. The van der Waals surface area contributed by atoms with Gasteiger partial charge in [-0.05, 0) is 17.5 Å². The Labute approximate surface area is 124 Å². The molecule has 3 rings (SSSR count). The monoisotopic (exact) mass is 278 g/mol. The van der Waals surface area contributed by atoms with E-state index in [4.69, 9.17) is 0 Å². The predicted molar refractivity (Wildman–Crippen MR) is 84.6 cm³/mol. The molecule has 2 aromatic carbocycles. The Bertz CT molecular complexity index is 769. The lowest BCUT2D eigenvalue weighted by Gasteiger charge is -2.07. The van der Waals surface area contributed by atoms with Gasteiger partial charge in [-0.2, -0.15) is 5.10 Å². The molecule has 0 atom stereocenters. The third kappa shape index (κ3) is 2.72. The van der Waals surface area contributed by atoms with Crippen LogP contribution in [0.4, 0.5) is 0 Å². The standard InChI is InChI=1S/C18H18N2O/c1-13(2)14-7-9-15(10-8-14)18(21)12-20-17-6-4-3-5-16(17)11-19-20/h3-11,13H,12H2,1-2H3. The van der Waals surface area contributed by atoms with Gasteiger partial charge in [0.15, 0.2) is 5.78 Å². The quantitative estimate of drug-likeness (QED) is 0.675. The van der Waals surface area contributed by atoms with Crippen molar-refractivity contribution in [2.45, 2.75) is 26.3 Å². The second-order valence-corrected chi connectivity index (χ2v) is 5.56. The largest absolute Gasteiger partial charge is 0.292 e. The summed E-state index contributed by atoms with van der Waals surface area (Å²) in [5.41, 5.74) is 2.97. The zero-order chi connectivity index (χ0) is 14.8. The molecular weight excluding hydrogens is 260 g/mol. The number of carbonyl (C=O) groups is 1. The molecule has 3 heteroatoms. The lowest BCUT2D eigenvalue weighted by atomic mass is 10.0. The van der Waals surface area contributed by atoms with Gasteiger partial charge in [-0.25, -0.2) is 0 Å². The van der Waals surface area contributed by atoms with E-state index in [1.807, 2.05) is 48.5 Å². The predicted octanol–water partition coefficient (Wildman–Crippen LogP) is 4.04. The minimum atomic E-state index is 0.0826. The molecule has 3 nitrogen and oxygen atoms in total. The van der Waals surface area contributed by atoms with E-state index in [0.29, 0.717) is 5.92 Å². The van der Waals surface area contributed by atoms with Gasteiger partial charge in [0.1, 0.15) is 6.54 Å². The molecule has 1 aromatic heterocycles. The Morgan fingerprint density at radius 1 is 1.10 bits per heavy atom. The lowest BCUT2D eigenvalue weighted by Crippen LogP contribution is -2.11. The summed E-state index contributed by atoms with van der Waals surface area (Å²) in [7, 11) is 0. The second kappa shape index (κ2) is 5.52. The van der Waals surface area contributed by atoms with E-state index in [9.17, 15) is 4.79 Å². The zero-order valence-corrected chi connectivity index (χ0v) is 12.3. The highest BCUT2D eigenvalue weighted by Gasteiger charge is 2.10. The SMILES string of the molecule is CC(C)c1ccc(C(=O)Cn2ncc3ccccc32)cc1. The highest BCUT2D eigenvalue weighted by Crippen LogP contribution is 2.16. The number of para-hydroxylation sites is 1. The Morgan fingerprint density at radius 2 is 1.81 bits per heavy atom. The van der Waals surface area contributed by atoms with Gasteiger partial charge in [0.05, 0.1) is 11.7 Å². The number of benzene rings is 2. The smallest absolute Gasteiger partial charge is 0.184 e. The van der Waals surface area contributed by atoms with Crippen molar-refractivity contribution in [1.82, 2.24) is 9.78 Å². The molecule has 0 spiro atoms. The summed E-state index contributed by atoms with van der Waals surface area (Å²) in [6.45, 7) is 4.56. The maximum absolute atomic E-state index is 12.4. The van der Waals surface area contributed by atoms with Crippen LogP contribution in [0.3, 0.4) is 0 Å². The molecule has 0 fully saturated rings. The molecule has 0 aliphatic heterocycles. The summed E-state index contributed by atoms with van der Waals surface area (Å²) < 4.78 is 1.76. The van der Waals surface area contributed by atoms with Crippen molar-refractivity contribution in [3.8, 4) is 0 Å². The van der Waals surface area contributed by atoms with Crippen LogP contribution in [-0.2, 0) is 6.54 Å². The van der Waals surface area contributed by atoms with Crippen molar-refractivity contribution < 1.29 is 4.79 Å². The molecule has 21 heavy (non-hydrogen) atoms. The molecule has 0 radical (unpaired) electrons. The van der Waals surface area contributed by atoms with Crippen LogP contribution in [-0.4, -0.2) is 15.6 Å². The van der Waals surface area contributed by atoms with Crippen LogP contribution < -0.4 is 0 Å². The molecule has 106 valence electrons. The van der Waals surface area contributed by atoms with Gasteiger partial charge in [-0.3, -0.25) is 9.48 Å². The summed E-state index contributed by atoms with van der Waals surface area (Å²) in [4.78, 5) is 12.4. The lowest BCUT2D eigenvalue weighted by molar-refractivity contribution is 0.0969. The normalized spacial score (nSPS) is 11.2. The first-order chi connectivity index (χ1) is 10.1. The summed E-state index contributed by atoms with van der Waals surface area (Å²) >= 11 is 0. The van der Waals surface area contributed by atoms with E-state index in [-0.39, 0.29) is 12.3 Å². The van der Waals surface area contributed by atoms with Crippen molar-refractivity contribution in [2.24, 2.45) is 0 Å². The minimum absolute atomic E-state index is 0.0826. The number of rotatable bonds is 4. The third-order valence-corrected chi connectivity index (χ3v) is 3.74. The van der Waals surface area contributed by atoms with E-state index in [1.165, 1.54) is 5.56 Å². The fraction of sp³-hybridized carbons (Fsp3) is 0.222. The van der Waals surface area contributed by atoms with Crippen molar-refractivity contribution in [2.75, 3.05) is 0 Å². The Balaban J connectivity index is 1.83. The zero-order valence-electron chi connectivity index (χ0n) is 12.3. The summed E-state index contributed by atoms with van der Waals surface area (Å²) in [5, 5.41) is 5.36. The van der Waals surface area contributed by atoms with Crippen LogP contribution in [0.15, 0.2) is 54.7 Å². The van der Waals surface area contributed by atoms with E-state index >= 15 is 0 Å². The van der Waals surface area contributed by atoms with Gasteiger partial charge in [-0.15, -0.1) is 0 Å². The second-order valence-electron chi connectivity index (χ2n) is 5.56. The average Bonchev–Trinajstić information content (AvgIpc) is 2.91. The Morgan fingerprint density at radius 3 is 2.52 bits per heavy atom. The summed E-state index contributed by atoms with van der Waals surface area (Å²) in [6, 6.07) is 15.8. The van der Waals surface area contributed by atoms with E-state index in [2.05, 4.69) is 18.9 Å². The number of ketones is 1. The first-order valence-electron chi connectivity index (χ1n) is 7.19. The average molecular weight is 278 g/mol. The molecule has 0 aliphatic rings. The summed E-state index contributed by atoms with van der Waals surface area (Å²) in [6.07, 6.45) is 1.80. The molecule has 3 aromatic rings. The molecule has 1 heterocycles. The fourth-order valence-electron chi connectivity index (χ4n) is 2.43. The molecule has 0 unspecified atom stereocenters. The van der Waals surface area contributed by atoms with Gasteiger partial charge in [0.2, 0.25) is 0 Å². The van der Waals surface area contributed by atoms with Crippen LogP contribution in [0, 0.1) is 0 Å². The van der Waals surface area contributed by atoms with E-state index in [0.717, 1.165) is 16.5 Å². The number of nitrogens with zero attached hydrogens (tertiary/aromatic N) is 2. The first-order valence-corrected chi connectivity index (χ1v) is 7.19. The minimum Gasteiger partial charge on any atom is -0.292 e. The van der Waals surface area contributed by atoms with Gasteiger partial charge >= 0.3 is 0 Å². The van der Waals surface area contributed by atoms with Gasteiger partial charge in [-0.1, -0.05) is 56.3 Å². The number of carbonyl (C=O) groups excluding carboxylic acids is 1. The molecule has 0 N–H and O–H groups in total. The number of Topliss-reactive ketones (excluding diaryl/α,β-unsaturated/α-hetero) is 1. The van der Waals surface area contributed by atoms with Gasteiger partial charge in [0.25, 0.3) is 0 Å². The molecule has 0 saturated carbocycles. The van der Waals surface area contributed by atoms with Crippen molar-refractivity contribution >= 4 is 16.7 Å². The maximum atomic E-state index is 12.4. The van der Waals surface area contributed by atoms with E-state index < -0.39 is 0 Å². The molecule has 0 aliphatic carbocycles. The van der Waals surface area contributed by atoms with Crippen LogP contribution in [0.25, 0.3) is 10.9 Å². The molecular formula is C18H18N2O. The Hall–Kier alpha value is -2.42. The van der Waals surface area contributed by atoms with Crippen LogP contribution in [0.5, 0.6) is 0 Å². The molecule has 0 bridgehead atoms. The third-order valence-electron chi connectivity index (χ3n) is 3.74. The van der Waals surface area contributed by atoms with Gasteiger partial charge in [0, 0.05) is 10.9 Å². The fourth-order valence-corrected chi connectivity index (χ4v) is 2.43. The molecule has 0 saturated heterocycles. The number of hydrogen-bond donors (Lipinski definition) is 0. The Kier molecular flexibility index (Phi) is 3.57. The highest BCUT2D eigenvalue weighted by atomic mass is 16.1. The number of aromatic nitrogens is 2. The van der Waals surface area contributed by atoms with Crippen molar-refractivity contribution in [1.29, 1.82) is 0 Å². The molecule has 0 amide bonds. The van der Waals surface area contributed by atoms with Crippen LogP contribution in [0.2, 0.25) is 0 Å². The van der Waals surface area contributed by atoms with Crippen molar-refractivity contribution in [3.05, 3.63) is 65.9 Å². The van der Waals surface area contributed by atoms with E-state index in [1.54, 1.807) is 10.9 Å².